The number of nitrogens with zero attached hydrogens (tertiary/aromatic N) is 1. The van der Waals surface area contributed by atoms with Gasteiger partial charge in [0.15, 0.2) is 5.60 Å². The number of phenols is 2. The molecule has 1 fully saturated rings. The number of carboxylic acids is 1. The quantitative estimate of drug-likeness (QED) is 0.377. The van der Waals surface area contributed by atoms with E-state index in [1.807, 2.05) is 0 Å². The molecule has 6 rings (SSSR count). The lowest BCUT2D eigenvalue weighted by Crippen LogP contribution is -2.33. The van der Waals surface area contributed by atoms with Crippen LogP contribution >= 0.6 is 0 Å². The summed E-state index contributed by atoms with van der Waals surface area (Å²) in [6.45, 7) is 0. The Morgan fingerprint density at radius 2 is 1.37 bits per heavy atom. The monoisotopic (exact) mass is 473 g/mol. The van der Waals surface area contributed by atoms with E-state index < -0.39 is 34.9 Å². The van der Waals surface area contributed by atoms with Gasteiger partial charge in [-0.1, -0.05) is 6.07 Å². The predicted molar refractivity (Wildman–Crippen MR) is 117 cm³/mol. The summed E-state index contributed by atoms with van der Waals surface area (Å²) in [4.78, 5) is 51.4. The SMILES string of the molecule is O=C(O)c1ccc2c(c1N1C(=O)CCC1=O)C(=O)OC21c2ccc(O)cc2Oc2cc(O)ccc21. The lowest BCUT2D eigenvalue weighted by molar-refractivity contribution is -0.121. The van der Waals surface area contributed by atoms with Gasteiger partial charge in [0.2, 0.25) is 11.8 Å². The van der Waals surface area contributed by atoms with Crippen molar-refractivity contribution in [1.82, 2.24) is 0 Å². The molecule has 1 spiro atoms. The van der Waals surface area contributed by atoms with Crippen LogP contribution in [0.1, 0.15) is 50.2 Å². The van der Waals surface area contributed by atoms with Gasteiger partial charge in [-0.05, 0) is 30.3 Å². The van der Waals surface area contributed by atoms with Crippen LogP contribution in [0.3, 0.4) is 0 Å². The van der Waals surface area contributed by atoms with Gasteiger partial charge < -0.3 is 24.8 Å². The average Bonchev–Trinajstić information content (AvgIpc) is 3.29. The summed E-state index contributed by atoms with van der Waals surface area (Å²) >= 11 is 0. The molecule has 0 bridgehead atoms. The number of phenolic OH excluding ortho intramolecular Hbond substituents is 2. The van der Waals surface area contributed by atoms with E-state index in [2.05, 4.69) is 0 Å². The third-order valence-electron chi connectivity index (χ3n) is 6.42. The molecule has 0 aliphatic carbocycles. The summed E-state index contributed by atoms with van der Waals surface area (Å²) in [6.07, 6.45) is -0.223. The normalized spacial score (nSPS) is 17.0. The van der Waals surface area contributed by atoms with Crippen molar-refractivity contribution in [2.24, 2.45) is 0 Å². The molecule has 0 saturated carbocycles. The molecule has 0 unspecified atom stereocenters. The van der Waals surface area contributed by atoms with Crippen LogP contribution in [0.15, 0.2) is 48.5 Å². The summed E-state index contributed by atoms with van der Waals surface area (Å²) in [5.41, 5.74) is -1.77. The van der Waals surface area contributed by atoms with Crippen LogP contribution in [0.25, 0.3) is 0 Å². The van der Waals surface area contributed by atoms with Gasteiger partial charge in [-0.25, -0.2) is 14.5 Å². The number of esters is 1. The smallest absolute Gasteiger partial charge is 0.342 e. The maximum Gasteiger partial charge on any atom is 0.342 e. The van der Waals surface area contributed by atoms with Crippen molar-refractivity contribution < 1.29 is 44.0 Å². The van der Waals surface area contributed by atoms with Crippen molar-refractivity contribution in [2.75, 3.05) is 4.90 Å². The van der Waals surface area contributed by atoms with Gasteiger partial charge in [-0.3, -0.25) is 9.59 Å². The molecule has 2 amide bonds. The van der Waals surface area contributed by atoms with Crippen LogP contribution in [0.2, 0.25) is 0 Å². The molecule has 3 aromatic rings. The number of aromatic carboxylic acids is 1. The van der Waals surface area contributed by atoms with Crippen molar-refractivity contribution in [3.05, 3.63) is 76.3 Å². The summed E-state index contributed by atoms with van der Waals surface area (Å²) < 4.78 is 11.9. The lowest BCUT2D eigenvalue weighted by Gasteiger charge is -2.36. The zero-order chi connectivity index (χ0) is 24.6. The second-order valence-corrected chi connectivity index (χ2v) is 8.35. The highest BCUT2D eigenvalue weighted by Crippen LogP contribution is 2.58. The van der Waals surface area contributed by atoms with Crippen molar-refractivity contribution in [1.29, 1.82) is 0 Å². The van der Waals surface area contributed by atoms with E-state index in [0.29, 0.717) is 11.1 Å². The van der Waals surface area contributed by atoms with Crippen LogP contribution < -0.4 is 9.64 Å². The Morgan fingerprint density at radius 3 is 1.91 bits per heavy atom. The minimum Gasteiger partial charge on any atom is -0.508 e. The Morgan fingerprint density at radius 1 is 0.829 bits per heavy atom. The highest BCUT2D eigenvalue weighted by Gasteiger charge is 2.56. The van der Waals surface area contributed by atoms with Crippen LogP contribution in [0, 0.1) is 0 Å². The third-order valence-corrected chi connectivity index (χ3v) is 6.42. The number of carbonyl (C=O) groups excluding carboxylic acids is 3. The fraction of sp³-hybridized carbons (Fsp3) is 0.120. The zero-order valence-corrected chi connectivity index (χ0v) is 17.8. The van der Waals surface area contributed by atoms with Crippen molar-refractivity contribution in [3.8, 4) is 23.0 Å². The molecule has 10 nitrogen and oxygen atoms in total. The van der Waals surface area contributed by atoms with Gasteiger partial charge in [-0.15, -0.1) is 0 Å². The molecule has 10 heteroatoms. The topological polar surface area (TPSA) is 151 Å². The van der Waals surface area contributed by atoms with E-state index in [-0.39, 0.29) is 52.7 Å². The first-order valence-corrected chi connectivity index (χ1v) is 10.6. The molecule has 3 aromatic carbocycles. The second kappa shape index (κ2) is 6.83. The number of aromatic hydroxyl groups is 2. The molecule has 0 atom stereocenters. The fourth-order valence-corrected chi connectivity index (χ4v) is 5.00. The lowest BCUT2D eigenvalue weighted by atomic mass is 9.77. The van der Waals surface area contributed by atoms with Gasteiger partial charge in [0.25, 0.3) is 0 Å². The van der Waals surface area contributed by atoms with Crippen LogP contribution in [0.4, 0.5) is 5.69 Å². The largest absolute Gasteiger partial charge is 0.508 e. The first-order chi connectivity index (χ1) is 16.7. The molecule has 3 aliphatic heterocycles. The first kappa shape index (κ1) is 20.7. The molecule has 1 saturated heterocycles. The van der Waals surface area contributed by atoms with Gasteiger partial charge in [0.05, 0.1) is 16.8 Å². The van der Waals surface area contributed by atoms with E-state index in [4.69, 9.17) is 9.47 Å². The summed E-state index contributed by atoms with van der Waals surface area (Å²) in [6, 6.07) is 11.0. The number of carbonyl (C=O) groups is 4. The molecular formula is C25H15NO9. The minimum absolute atomic E-state index is 0.111. The highest BCUT2D eigenvalue weighted by atomic mass is 16.6. The summed E-state index contributed by atoms with van der Waals surface area (Å²) in [7, 11) is 0. The summed E-state index contributed by atoms with van der Waals surface area (Å²) in [5, 5.41) is 29.9. The van der Waals surface area contributed by atoms with Crippen LogP contribution in [-0.2, 0) is 19.9 Å². The standard InChI is InChI=1S/C25H15NO9/c27-11-1-4-14-17(9-11)34-18-10-12(28)2-5-15(18)25(14)16-6-3-13(23(31)32)22(21(16)24(33)35-25)26-19(29)7-8-20(26)30/h1-6,9-10,27-28H,7-8H2,(H,31,32). The molecule has 3 aliphatic rings. The number of fused-ring (bicyclic) bond motifs is 6. The maximum atomic E-state index is 13.5. The van der Waals surface area contributed by atoms with E-state index in [9.17, 15) is 34.5 Å². The number of ether oxygens (including phenoxy) is 2. The first-order valence-electron chi connectivity index (χ1n) is 10.6. The Kier molecular flexibility index (Phi) is 4.04. The van der Waals surface area contributed by atoms with Crippen molar-refractivity contribution in [3.63, 3.8) is 0 Å². The van der Waals surface area contributed by atoms with E-state index in [0.717, 1.165) is 4.90 Å². The molecule has 3 N–H and O–H groups in total. The molecule has 35 heavy (non-hydrogen) atoms. The van der Waals surface area contributed by atoms with Gasteiger partial charge in [0.1, 0.15) is 23.0 Å². The number of amides is 2. The van der Waals surface area contributed by atoms with Crippen LogP contribution in [0.5, 0.6) is 23.0 Å². The molecular weight excluding hydrogens is 458 g/mol. The molecule has 3 heterocycles. The van der Waals surface area contributed by atoms with Crippen molar-refractivity contribution >= 4 is 29.4 Å². The Bertz CT molecular complexity index is 1460. The minimum atomic E-state index is -1.66. The number of hydrogen-bond donors (Lipinski definition) is 3. The van der Waals surface area contributed by atoms with E-state index in [1.165, 1.54) is 48.5 Å². The van der Waals surface area contributed by atoms with E-state index >= 15 is 0 Å². The fourth-order valence-electron chi connectivity index (χ4n) is 5.00. The third kappa shape index (κ3) is 2.64. The average molecular weight is 473 g/mol. The Balaban J connectivity index is 1.72. The Hall–Kier alpha value is -4.86. The number of imide groups is 1. The van der Waals surface area contributed by atoms with Gasteiger partial charge in [-0.2, -0.15) is 0 Å². The van der Waals surface area contributed by atoms with E-state index in [1.54, 1.807) is 0 Å². The summed E-state index contributed by atoms with van der Waals surface area (Å²) in [5.74, 6) is -3.58. The molecule has 0 radical (unpaired) electrons. The number of hydrogen-bond acceptors (Lipinski definition) is 8. The van der Waals surface area contributed by atoms with Gasteiger partial charge >= 0.3 is 11.9 Å². The number of anilines is 1. The second-order valence-electron chi connectivity index (χ2n) is 8.35. The Labute approximate surface area is 196 Å². The zero-order valence-electron chi connectivity index (χ0n) is 17.8. The van der Waals surface area contributed by atoms with Crippen molar-refractivity contribution in [2.45, 2.75) is 18.4 Å². The van der Waals surface area contributed by atoms with Gasteiger partial charge in [0, 0.05) is 41.7 Å². The highest BCUT2D eigenvalue weighted by molar-refractivity contribution is 6.25. The number of rotatable bonds is 2. The number of carboxylic acid groups (broad SMARTS) is 1. The number of benzene rings is 3. The molecule has 0 aromatic heterocycles. The van der Waals surface area contributed by atoms with Crippen LogP contribution in [-0.4, -0.2) is 39.1 Å². The predicted octanol–water partition coefficient (Wildman–Crippen LogP) is 3.02. The molecule has 174 valence electrons. The maximum absolute atomic E-state index is 13.5.